The molecule has 60 valence electrons. The van der Waals surface area contributed by atoms with E-state index in [9.17, 15) is 0 Å². The van der Waals surface area contributed by atoms with Gasteiger partial charge in [0.25, 0.3) is 0 Å². The van der Waals surface area contributed by atoms with Crippen molar-refractivity contribution in [2.24, 2.45) is 0 Å². The normalized spacial score (nSPS) is 10.1. The minimum Gasteiger partial charge on any atom is -0.387 e. The standard InChI is InChI=1S/C9H9N3/c1-10-8-4-7-2-3-11-6-9(7)12-5-8/h2-6,10H,1H3. The Balaban J connectivity index is 2.67. The second-order valence-corrected chi connectivity index (χ2v) is 2.54. The molecule has 1 N–H and O–H groups in total. The van der Waals surface area contributed by atoms with Crippen LogP contribution in [-0.2, 0) is 0 Å². The van der Waals surface area contributed by atoms with Crippen LogP contribution in [0.5, 0.6) is 0 Å². The largest absolute Gasteiger partial charge is 0.387 e. The lowest BCUT2D eigenvalue weighted by atomic mass is 10.2. The van der Waals surface area contributed by atoms with Gasteiger partial charge in [-0.05, 0) is 12.1 Å². The Labute approximate surface area is 70.5 Å². The summed E-state index contributed by atoms with van der Waals surface area (Å²) >= 11 is 0. The molecular weight excluding hydrogens is 150 g/mol. The van der Waals surface area contributed by atoms with Crippen molar-refractivity contribution in [3.05, 3.63) is 30.7 Å². The first kappa shape index (κ1) is 7.03. The Kier molecular flexibility index (Phi) is 1.63. The maximum Gasteiger partial charge on any atom is 0.0886 e. The van der Waals surface area contributed by atoms with Crippen molar-refractivity contribution in [2.75, 3.05) is 12.4 Å². The molecule has 0 aliphatic carbocycles. The number of rotatable bonds is 1. The lowest BCUT2D eigenvalue weighted by Gasteiger charge is -2.00. The quantitative estimate of drug-likeness (QED) is 0.687. The van der Waals surface area contributed by atoms with Crippen LogP contribution in [0.3, 0.4) is 0 Å². The van der Waals surface area contributed by atoms with Crippen LogP contribution in [-0.4, -0.2) is 17.0 Å². The molecule has 0 fully saturated rings. The van der Waals surface area contributed by atoms with Crippen LogP contribution >= 0.6 is 0 Å². The Bertz CT molecular complexity index is 398. The minimum atomic E-state index is 0.927. The first-order valence-corrected chi connectivity index (χ1v) is 3.77. The van der Waals surface area contributed by atoms with Crippen molar-refractivity contribution in [2.45, 2.75) is 0 Å². The molecular formula is C9H9N3. The number of nitrogens with one attached hydrogen (secondary N) is 1. The predicted octanol–water partition coefficient (Wildman–Crippen LogP) is 1.67. The molecule has 2 aromatic rings. The number of aromatic nitrogens is 2. The molecule has 0 spiro atoms. The van der Waals surface area contributed by atoms with E-state index >= 15 is 0 Å². The number of hydrogen-bond acceptors (Lipinski definition) is 3. The monoisotopic (exact) mass is 159 g/mol. The van der Waals surface area contributed by atoms with Crippen LogP contribution in [0.25, 0.3) is 10.9 Å². The topological polar surface area (TPSA) is 37.8 Å². The molecule has 0 saturated carbocycles. The SMILES string of the molecule is CNc1cnc2cnccc2c1. The fourth-order valence-electron chi connectivity index (χ4n) is 1.11. The summed E-state index contributed by atoms with van der Waals surface area (Å²) in [5.41, 5.74) is 1.95. The first-order chi connectivity index (χ1) is 5.90. The summed E-state index contributed by atoms with van der Waals surface area (Å²) in [5, 5.41) is 4.14. The van der Waals surface area contributed by atoms with Crippen molar-refractivity contribution in [1.29, 1.82) is 0 Å². The van der Waals surface area contributed by atoms with E-state index in [0.29, 0.717) is 0 Å². The van der Waals surface area contributed by atoms with Crippen molar-refractivity contribution >= 4 is 16.6 Å². The third-order valence-corrected chi connectivity index (χ3v) is 1.78. The molecule has 0 amide bonds. The van der Waals surface area contributed by atoms with Gasteiger partial charge in [0.05, 0.1) is 23.6 Å². The Morgan fingerprint density at radius 1 is 1.33 bits per heavy atom. The zero-order valence-electron chi connectivity index (χ0n) is 6.78. The lowest BCUT2D eigenvalue weighted by Crippen LogP contribution is -1.89. The molecule has 0 aliphatic rings. The molecule has 0 saturated heterocycles. The fraction of sp³-hybridized carbons (Fsp3) is 0.111. The van der Waals surface area contributed by atoms with E-state index < -0.39 is 0 Å². The predicted molar refractivity (Wildman–Crippen MR) is 49.1 cm³/mol. The molecule has 0 radical (unpaired) electrons. The Hall–Kier alpha value is -1.64. The summed E-state index contributed by atoms with van der Waals surface area (Å²) in [4.78, 5) is 8.21. The van der Waals surface area contributed by atoms with Gasteiger partial charge in [-0.15, -0.1) is 0 Å². The van der Waals surface area contributed by atoms with Gasteiger partial charge in [-0.2, -0.15) is 0 Å². The summed E-state index contributed by atoms with van der Waals surface area (Å²) < 4.78 is 0. The summed E-state index contributed by atoms with van der Waals surface area (Å²) in [6, 6.07) is 3.99. The highest BCUT2D eigenvalue weighted by Gasteiger charge is 1.94. The van der Waals surface area contributed by atoms with E-state index in [4.69, 9.17) is 0 Å². The highest BCUT2D eigenvalue weighted by molar-refractivity contribution is 5.80. The van der Waals surface area contributed by atoms with E-state index in [2.05, 4.69) is 15.3 Å². The number of nitrogens with zero attached hydrogens (tertiary/aromatic N) is 2. The number of hydrogen-bond donors (Lipinski definition) is 1. The number of fused-ring (bicyclic) bond motifs is 1. The molecule has 2 rings (SSSR count). The first-order valence-electron chi connectivity index (χ1n) is 3.77. The van der Waals surface area contributed by atoms with Gasteiger partial charge in [0.15, 0.2) is 0 Å². The molecule has 3 heteroatoms. The van der Waals surface area contributed by atoms with Crippen LogP contribution in [0.15, 0.2) is 30.7 Å². The zero-order valence-corrected chi connectivity index (χ0v) is 6.78. The second-order valence-electron chi connectivity index (χ2n) is 2.54. The third-order valence-electron chi connectivity index (χ3n) is 1.78. The molecule has 0 unspecified atom stereocenters. The average molecular weight is 159 g/mol. The van der Waals surface area contributed by atoms with E-state index in [1.54, 1.807) is 18.6 Å². The molecule has 12 heavy (non-hydrogen) atoms. The van der Waals surface area contributed by atoms with Gasteiger partial charge in [-0.3, -0.25) is 9.97 Å². The Morgan fingerprint density at radius 2 is 2.25 bits per heavy atom. The molecule has 0 atom stereocenters. The highest BCUT2D eigenvalue weighted by atomic mass is 14.8. The summed E-state index contributed by atoms with van der Waals surface area (Å²) in [6.45, 7) is 0. The maximum absolute atomic E-state index is 4.23. The van der Waals surface area contributed by atoms with Crippen molar-refractivity contribution in [3.8, 4) is 0 Å². The van der Waals surface area contributed by atoms with Crippen LogP contribution in [0.1, 0.15) is 0 Å². The van der Waals surface area contributed by atoms with Crippen molar-refractivity contribution < 1.29 is 0 Å². The summed E-state index contributed by atoms with van der Waals surface area (Å²) in [6.07, 6.45) is 5.32. The lowest BCUT2D eigenvalue weighted by molar-refractivity contribution is 1.30. The van der Waals surface area contributed by atoms with E-state index in [1.807, 2.05) is 19.2 Å². The fourth-order valence-corrected chi connectivity index (χ4v) is 1.11. The molecule has 0 aliphatic heterocycles. The highest BCUT2D eigenvalue weighted by Crippen LogP contribution is 2.13. The average Bonchev–Trinajstić information content (AvgIpc) is 2.17. The van der Waals surface area contributed by atoms with Gasteiger partial charge >= 0.3 is 0 Å². The van der Waals surface area contributed by atoms with Crippen LogP contribution in [0, 0.1) is 0 Å². The van der Waals surface area contributed by atoms with Crippen LogP contribution in [0.4, 0.5) is 5.69 Å². The summed E-state index contributed by atoms with van der Waals surface area (Å²) in [7, 11) is 1.88. The number of pyridine rings is 2. The Morgan fingerprint density at radius 3 is 3.08 bits per heavy atom. The van der Waals surface area contributed by atoms with Gasteiger partial charge < -0.3 is 5.32 Å². The minimum absolute atomic E-state index is 0.927. The maximum atomic E-state index is 4.23. The van der Waals surface area contributed by atoms with Gasteiger partial charge in [-0.1, -0.05) is 0 Å². The molecule has 0 bridgehead atoms. The number of anilines is 1. The van der Waals surface area contributed by atoms with Gasteiger partial charge in [-0.25, -0.2) is 0 Å². The van der Waals surface area contributed by atoms with Crippen LogP contribution in [0.2, 0.25) is 0 Å². The smallest absolute Gasteiger partial charge is 0.0886 e. The van der Waals surface area contributed by atoms with Gasteiger partial charge in [0.1, 0.15) is 0 Å². The molecule has 2 heterocycles. The summed E-state index contributed by atoms with van der Waals surface area (Å²) in [5.74, 6) is 0. The van der Waals surface area contributed by atoms with Crippen molar-refractivity contribution in [3.63, 3.8) is 0 Å². The van der Waals surface area contributed by atoms with E-state index in [1.165, 1.54) is 0 Å². The molecule has 2 aromatic heterocycles. The zero-order chi connectivity index (χ0) is 8.39. The van der Waals surface area contributed by atoms with Gasteiger partial charge in [0.2, 0.25) is 0 Å². The third kappa shape index (κ3) is 1.09. The molecule has 0 aromatic carbocycles. The van der Waals surface area contributed by atoms with E-state index in [-0.39, 0.29) is 0 Å². The van der Waals surface area contributed by atoms with Crippen LogP contribution < -0.4 is 5.32 Å². The molecule has 3 nitrogen and oxygen atoms in total. The second kappa shape index (κ2) is 2.77. The van der Waals surface area contributed by atoms with Gasteiger partial charge in [0, 0.05) is 18.6 Å². The van der Waals surface area contributed by atoms with Crippen molar-refractivity contribution in [1.82, 2.24) is 9.97 Å². The van der Waals surface area contributed by atoms with E-state index in [0.717, 1.165) is 16.6 Å².